The van der Waals surface area contributed by atoms with Crippen LogP contribution in [0.25, 0.3) is 0 Å². The molecule has 0 aliphatic carbocycles. The van der Waals surface area contributed by atoms with Gasteiger partial charge in [0.25, 0.3) is 0 Å². The Morgan fingerprint density at radius 3 is 2.05 bits per heavy atom. The largest absolute Gasteiger partial charge is 0.316 e. The molecule has 0 spiro atoms. The first-order valence-electron chi connectivity index (χ1n) is 7.12. The van der Waals surface area contributed by atoms with Gasteiger partial charge in [-0.05, 0) is 36.7 Å². The molecule has 0 amide bonds. The highest BCUT2D eigenvalue weighted by Gasteiger charge is 2.31. The lowest BCUT2D eigenvalue weighted by atomic mass is 9.75. The molecule has 0 radical (unpaired) electrons. The Hall–Kier alpha value is -1.02. The van der Waals surface area contributed by atoms with E-state index < -0.39 is 0 Å². The molecule has 1 nitrogen and oxygen atoms in total. The summed E-state index contributed by atoms with van der Waals surface area (Å²) >= 11 is 12.6. The molecule has 0 aliphatic heterocycles. The van der Waals surface area contributed by atoms with Crippen LogP contribution in [0.5, 0.6) is 0 Å². The first-order valence-corrected chi connectivity index (χ1v) is 7.88. The average Bonchev–Trinajstić information content (AvgIpc) is 2.47. The van der Waals surface area contributed by atoms with Crippen LogP contribution in [0.2, 0.25) is 10.0 Å². The van der Waals surface area contributed by atoms with Crippen LogP contribution in [0.1, 0.15) is 25.0 Å². The van der Waals surface area contributed by atoms with E-state index in [2.05, 4.69) is 43.4 Å². The van der Waals surface area contributed by atoms with Crippen molar-refractivity contribution in [2.24, 2.45) is 0 Å². The van der Waals surface area contributed by atoms with Gasteiger partial charge in [0, 0.05) is 21.5 Å². The maximum absolute atomic E-state index is 6.31. The van der Waals surface area contributed by atoms with Crippen molar-refractivity contribution >= 4 is 23.2 Å². The van der Waals surface area contributed by atoms with Gasteiger partial charge in [-0.1, -0.05) is 73.4 Å². The normalized spacial score (nSPS) is 13.2. The SMILES string of the molecule is CNC(Cc1c(Cl)cccc1Cl)C(C)(C)c1ccccc1. The van der Waals surface area contributed by atoms with Crippen molar-refractivity contribution < 1.29 is 0 Å². The van der Waals surface area contributed by atoms with E-state index >= 15 is 0 Å². The van der Waals surface area contributed by atoms with Crippen LogP contribution in [0.4, 0.5) is 0 Å². The van der Waals surface area contributed by atoms with Crippen LogP contribution in [0.3, 0.4) is 0 Å². The average molecular weight is 322 g/mol. The second-order valence-corrected chi connectivity index (χ2v) is 6.65. The topological polar surface area (TPSA) is 12.0 Å². The molecule has 0 saturated carbocycles. The fraction of sp³-hybridized carbons (Fsp3) is 0.333. The standard InChI is InChI=1S/C18H21Cl2N/c1-18(2,13-8-5-4-6-9-13)17(21-3)12-14-15(19)10-7-11-16(14)20/h4-11,17,21H,12H2,1-3H3. The molecule has 2 rings (SSSR count). The van der Waals surface area contributed by atoms with Crippen molar-refractivity contribution in [3.63, 3.8) is 0 Å². The van der Waals surface area contributed by atoms with Gasteiger partial charge in [0.15, 0.2) is 0 Å². The van der Waals surface area contributed by atoms with E-state index in [1.54, 1.807) is 0 Å². The third-order valence-electron chi connectivity index (χ3n) is 4.21. The van der Waals surface area contributed by atoms with Crippen LogP contribution in [0, 0.1) is 0 Å². The minimum Gasteiger partial charge on any atom is -0.316 e. The molecule has 0 bridgehead atoms. The monoisotopic (exact) mass is 321 g/mol. The Bertz CT molecular complexity index is 573. The summed E-state index contributed by atoms with van der Waals surface area (Å²) in [6.07, 6.45) is 0.789. The molecule has 2 aromatic carbocycles. The van der Waals surface area contributed by atoms with Crippen molar-refractivity contribution in [1.82, 2.24) is 5.32 Å². The molecule has 3 heteroatoms. The molecule has 21 heavy (non-hydrogen) atoms. The van der Waals surface area contributed by atoms with Gasteiger partial charge in [0.2, 0.25) is 0 Å². The Morgan fingerprint density at radius 2 is 1.52 bits per heavy atom. The number of benzene rings is 2. The van der Waals surface area contributed by atoms with Crippen molar-refractivity contribution in [3.8, 4) is 0 Å². The number of nitrogens with one attached hydrogen (secondary N) is 1. The highest BCUT2D eigenvalue weighted by atomic mass is 35.5. The predicted molar refractivity (Wildman–Crippen MR) is 92.5 cm³/mol. The molecule has 1 atom stereocenters. The maximum Gasteiger partial charge on any atom is 0.0453 e. The summed E-state index contributed by atoms with van der Waals surface area (Å²) in [6.45, 7) is 4.49. The van der Waals surface area contributed by atoms with E-state index in [4.69, 9.17) is 23.2 Å². The Labute approximate surface area is 137 Å². The predicted octanol–water partition coefficient (Wildman–Crippen LogP) is 5.10. The molecule has 1 N–H and O–H groups in total. The van der Waals surface area contributed by atoms with Crippen LogP contribution >= 0.6 is 23.2 Å². The Balaban J connectivity index is 2.32. The van der Waals surface area contributed by atoms with Gasteiger partial charge < -0.3 is 5.32 Å². The van der Waals surface area contributed by atoms with Gasteiger partial charge in [-0.3, -0.25) is 0 Å². The van der Waals surface area contributed by atoms with E-state index in [-0.39, 0.29) is 11.5 Å². The third-order valence-corrected chi connectivity index (χ3v) is 4.92. The fourth-order valence-electron chi connectivity index (χ4n) is 2.72. The number of hydrogen-bond donors (Lipinski definition) is 1. The van der Waals surface area contributed by atoms with Gasteiger partial charge in [0.1, 0.15) is 0 Å². The van der Waals surface area contributed by atoms with E-state index in [1.807, 2.05) is 31.3 Å². The lowest BCUT2D eigenvalue weighted by Gasteiger charge is -2.35. The first kappa shape index (κ1) is 16.4. The Morgan fingerprint density at radius 1 is 0.952 bits per heavy atom. The second-order valence-electron chi connectivity index (χ2n) is 5.83. The first-order chi connectivity index (χ1) is 9.96. The maximum atomic E-state index is 6.31. The van der Waals surface area contributed by atoms with Crippen molar-refractivity contribution in [2.75, 3.05) is 7.05 Å². The third kappa shape index (κ3) is 3.60. The summed E-state index contributed by atoms with van der Waals surface area (Å²) in [5, 5.41) is 4.88. The van der Waals surface area contributed by atoms with E-state index in [1.165, 1.54) is 5.56 Å². The summed E-state index contributed by atoms with van der Waals surface area (Å²) in [5.41, 5.74) is 2.27. The molecular weight excluding hydrogens is 301 g/mol. The zero-order chi connectivity index (χ0) is 15.5. The molecule has 0 saturated heterocycles. The second kappa shape index (κ2) is 6.83. The minimum absolute atomic E-state index is 0.0293. The molecular formula is C18H21Cl2N. The van der Waals surface area contributed by atoms with Crippen molar-refractivity contribution in [3.05, 3.63) is 69.7 Å². The van der Waals surface area contributed by atoms with E-state index in [0.29, 0.717) is 0 Å². The zero-order valence-electron chi connectivity index (χ0n) is 12.7. The van der Waals surface area contributed by atoms with E-state index in [9.17, 15) is 0 Å². The van der Waals surface area contributed by atoms with E-state index in [0.717, 1.165) is 22.0 Å². The summed E-state index contributed by atoms with van der Waals surface area (Å²) in [7, 11) is 1.99. The molecule has 2 aromatic rings. The van der Waals surface area contributed by atoms with Crippen molar-refractivity contribution in [2.45, 2.75) is 31.7 Å². The van der Waals surface area contributed by atoms with Crippen LogP contribution in [-0.4, -0.2) is 13.1 Å². The zero-order valence-corrected chi connectivity index (χ0v) is 14.2. The number of halogens is 2. The number of hydrogen-bond acceptors (Lipinski definition) is 1. The summed E-state index contributed by atoms with van der Waals surface area (Å²) < 4.78 is 0. The number of rotatable bonds is 5. The van der Waals surface area contributed by atoms with Crippen molar-refractivity contribution in [1.29, 1.82) is 0 Å². The molecule has 0 aromatic heterocycles. The fourth-order valence-corrected chi connectivity index (χ4v) is 3.27. The van der Waals surface area contributed by atoms with Gasteiger partial charge in [-0.15, -0.1) is 0 Å². The highest BCUT2D eigenvalue weighted by molar-refractivity contribution is 6.36. The molecule has 112 valence electrons. The van der Waals surface area contributed by atoms with Gasteiger partial charge in [-0.2, -0.15) is 0 Å². The summed E-state index contributed by atoms with van der Waals surface area (Å²) in [4.78, 5) is 0. The van der Waals surface area contributed by atoms with Crippen LogP contribution in [-0.2, 0) is 11.8 Å². The summed E-state index contributed by atoms with van der Waals surface area (Å²) in [6, 6.07) is 16.4. The van der Waals surface area contributed by atoms with Crippen LogP contribution in [0.15, 0.2) is 48.5 Å². The van der Waals surface area contributed by atoms with Crippen LogP contribution < -0.4 is 5.32 Å². The van der Waals surface area contributed by atoms with Gasteiger partial charge in [0.05, 0.1) is 0 Å². The minimum atomic E-state index is -0.0293. The smallest absolute Gasteiger partial charge is 0.0453 e. The quantitative estimate of drug-likeness (QED) is 0.807. The number of likely N-dealkylation sites (N-methyl/N-ethyl adjacent to an activating group) is 1. The summed E-state index contributed by atoms with van der Waals surface area (Å²) in [5.74, 6) is 0. The molecule has 0 heterocycles. The molecule has 0 aliphatic rings. The molecule has 0 fully saturated rings. The highest BCUT2D eigenvalue weighted by Crippen LogP contribution is 2.32. The Kier molecular flexibility index (Phi) is 5.32. The lowest BCUT2D eigenvalue weighted by molar-refractivity contribution is 0.356. The van der Waals surface area contributed by atoms with Gasteiger partial charge in [-0.25, -0.2) is 0 Å². The van der Waals surface area contributed by atoms with Gasteiger partial charge >= 0.3 is 0 Å². The molecule has 1 unspecified atom stereocenters. The lowest BCUT2D eigenvalue weighted by Crippen LogP contribution is -2.44.